The summed E-state index contributed by atoms with van der Waals surface area (Å²) in [6, 6.07) is 8.46. The van der Waals surface area contributed by atoms with Crippen molar-refractivity contribution in [3.63, 3.8) is 0 Å². The lowest BCUT2D eigenvalue weighted by Gasteiger charge is -2.35. The van der Waals surface area contributed by atoms with Crippen molar-refractivity contribution < 1.29 is 4.79 Å². The van der Waals surface area contributed by atoms with Crippen LogP contribution in [0.25, 0.3) is 0 Å². The van der Waals surface area contributed by atoms with Crippen LogP contribution >= 0.6 is 11.8 Å². The monoisotopic (exact) mass is 368 g/mol. The first-order valence-electron chi connectivity index (χ1n) is 9.25. The largest absolute Gasteiger partial charge is 0.309 e. The molecule has 1 saturated carbocycles. The van der Waals surface area contributed by atoms with Crippen LogP contribution in [-0.4, -0.2) is 32.5 Å². The molecule has 1 aliphatic carbocycles. The van der Waals surface area contributed by atoms with Crippen LogP contribution in [-0.2, 0) is 17.8 Å². The van der Waals surface area contributed by atoms with Gasteiger partial charge in [0.2, 0.25) is 5.91 Å². The number of aromatic nitrogens is 3. The lowest BCUT2D eigenvalue weighted by Crippen LogP contribution is -2.43. The van der Waals surface area contributed by atoms with Crippen molar-refractivity contribution in [3.8, 4) is 0 Å². The Morgan fingerprint density at radius 2 is 2.12 bits per heavy atom. The van der Waals surface area contributed by atoms with E-state index in [1.807, 2.05) is 23.1 Å². The van der Waals surface area contributed by atoms with Crippen molar-refractivity contribution in [2.75, 3.05) is 10.7 Å². The number of rotatable bonds is 6. The molecule has 2 aliphatic rings. The van der Waals surface area contributed by atoms with Crippen LogP contribution in [0.1, 0.15) is 43.5 Å². The van der Waals surface area contributed by atoms with E-state index in [1.54, 1.807) is 0 Å². The Morgan fingerprint density at radius 1 is 1.31 bits per heavy atom. The van der Waals surface area contributed by atoms with Crippen LogP contribution in [0.4, 0.5) is 5.69 Å². The van der Waals surface area contributed by atoms with Crippen LogP contribution in [0.5, 0.6) is 0 Å². The van der Waals surface area contributed by atoms with Gasteiger partial charge in [-0.15, -0.1) is 16.8 Å². The molecule has 0 radical (unpaired) electrons. The van der Waals surface area contributed by atoms with Gasteiger partial charge in [0.15, 0.2) is 5.16 Å². The Bertz CT molecular complexity index is 827. The zero-order chi connectivity index (χ0) is 18.1. The first-order valence-corrected chi connectivity index (χ1v) is 10.2. The Balaban J connectivity index is 1.50. The number of carbonyl (C=O) groups excluding carboxylic acids is 1. The molecule has 1 atom stereocenters. The highest BCUT2D eigenvalue weighted by Gasteiger charge is 2.31. The van der Waals surface area contributed by atoms with E-state index in [0.717, 1.165) is 29.5 Å². The van der Waals surface area contributed by atoms with Crippen LogP contribution in [0.2, 0.25) is 0 Å². The van der Waals surface area contributed by atoms with E-state index in [0.29, 0.717) is 18.2 Å². The number of nitrogens with zero attached hydrogens (tertiary/aromatic N) is 4. The summed E-state index contributed by atoms with van der Waals surface area (Å²) >= 11 is 1.48. The van der Waals surface area contributed by atoms with Gasteiger partial charge in [0.1, 0.15) is 5.82 Å². The second kappa shape index (κ2) is 7.27. The molecule has 2 heterocycles. The molecule has 1 aromatic carbocycles. The Morgan fingerprint density at radius 3 is 2.88 bits per heavy atom. The first-order chi connectivity index (χ1) is 12.7. The van der Waals surface area contributed by atoms with Crippen LogP contribution < -0.4 is 4.90 Å². The molecule has 136 valence electrons. The third-order valence-electron chi connectivity index (χ3n) is 5.12. The van der Waals surface area contributed by atoms with Gasteiger partial charge in [0.25, 0.3) is 0 Å². The highest BCUT2D eigenvalue weighted by atomic mass is 32.2. The maximum atomic E-state index is 13.0. The van der Waals surface area contributed by atoms with E-state index in [4.69, 9.17) is 0 Å². The van der Waals surface area contributed by atoms with Crippen molar-refractivity contribution in [1.29, 1.82) is 0 Å². The van der Waals surface area contributed by atoms with E-state index in [2.05, 4.69) is 40.4 Å². The molecule has 6 heteroatoms. The van der Waals surface area contributed by atoms with E-state index >= 15 is 0 Å². The number of benzene rings is 1. The lowest BCUT2D eigenvalue weighted by atomic mass is 9.97. The summed E-state index contributed by atoms with van der Waals surface area (Å²) in [5.74, 6) is 2.08. The van der Waals surface area contributed by atoms with Gasteiger partial charge in [-0.2, -0.15) is 0 Å². The molecule has 0 saturated heterocycles. The minimum atomic E-state index is 0.135. The predicted molar refractivity (Wildman–Crippen MR) is 105 cm³/mol. The minimum absolute atomic E-state index is 0.135. The van der Waals surface area contributed by atoms with Gasteiger partial charge < -0.3 is 9.47 Å². The van der Waals surface area contributed by atoms with Crippen molar-refractivity contribution in [3.05, 3.63) is 48.3 Å². The zero-order valence-electron chi connectivity index (χ0n) is 15.1. The molecule has 1 amide bonds. The molecular weight excluding hydrogens is 344 g/mol. The van der Waals surface area contributed by atoms with Crippen LogP contribution in [0.15, 0.2) is 42.1 Å². The van der Waals surface area contributed by atoms with Crippen LogP contribution in [0.3, 0.4) is 0 Å². The fourth-order valence-corrected chi connectivity index (χ4v) is 4.43. The molecule has 1 aromatic heterocycles. The highest BCUT2D eigenvalue weighted by Crippen LogP contribution is 2.40. The molecule has 0 spiro atoms. The summed E-state index contributed by atoms with van der Waals surface area (Å²) in [6.45, 7) is 6.66. The molecule has 2 aromatic rings. The number of allylic oxidation sites excluding steroid dienone is 1. The standard InChI is InChI=1S/C20H24N4OS/c1-3-12-23-19(16-10-11-16)21-22-20(23)26-13-18(25)24-14(2)8-9-15-6-4-5-7-17(15)24/h3-7,14,16H,1,8-13H2,2H3. The number of carbonyl (C=O) groups is 1. The summed E-state index contributed by atoms with van der Waals surface area (Å²) in [5.41, 5.74) is 2.32. The average molecular weight is 369 g/mol. The maximum absolute atomic E-state index is 13.0. The van der Waals surface area contributed by atoms with Crippen LogP contribution in [0, 0.1) is 0 Å². The molecule has 0 N–H and O–H groups in total. The molecule has 5 nitrogen and oxygen atoms in total. The third kappa shape index (κ3) is 3.30. The number of para-hydroxylation sites is 1. The summed E-state index contributed by atoms with van der Waals surface area (Å²) in [6.07, 6.45) is 6.27. The van der Waals surface area contributed by atoms with Crippen molar-refractivity contribution in [2.24, 2.45) is 0 Å². The predicted octanol–water partition coefficient (Wildman–Crippen LogP) is 3.80. The number of anilines is 1. The molecule has 1 aliphatic heterocycles. The van der Waals surface area contributed by atoms with Gasteiger partial charge in [-0.3, -0.25) is 4.79 Å². The Hall–Kier alpha value is -2.08. The molecule has 26 heavy (non-hydrogen) atoms. The van der Waals surface area contributed by atoms with Gasteiger partial charge in [0, 0.05) is 24.2 Å². The number of hydrogen-bond donors (Lipinski definition) is 0. The molecule has 1 fully saturated rings. The second-order valence-corrected chi connectivity index (χ2v) is 8.03. The van der Waals surface area contributed by atoms with Gasteiger partial charge in [0.05, 0.1) is 5.75 Å². The highest BCUT2D eigenvalue weighted by molar-refractivity contribution is 7.99. The number of aryl methyl sites for hydroxylation is 1. The number of amides is 1. The van der Waals surface area contributed by atoms with E-state index in [9.17, 15) is 4.79 Å². The van der Waals surface area contributed by atoms with E-state index < -0.39 is 0 Å². The molecular formula is C20H24N4OS. The first kappa shape index (κ1) is 17.3. The molecule has 1 unspecified atom stereocenters. The number of thioether (sulfide) groups is 1. The van der Waals surface area contributed by atoms with E-state index in [1.165, 1.54) is 30.2 Å². The summed E-state index contributed by atoms with van der Waals surface area (Å²) in [4.78, 5) is 15.0. The van der Waals surface area contributed by atoms with Gasteiger partial charge in [-0.25, -0.2) is 0 Å². The fraction of sp³-hybridized carbons (Fsp3) is 0.450. The Labute approximate surface area is 158 Å². The second-order valence-electron chi connectivity index (χ2n) is 7.08. The van der Waals surface area contributed by atoms with E-state index in [-0.39, 0.29) is 11.9 Å². The summed E-state index contributed by atoms with van der Waals surface area (Å²) < 4.78 is 2.11. The average Bonchev–Trinajstić information content (AvgIpc) is 3.42. The number of hydrogen-bond acceptors (Lipinski definition) is 4. The fourth-order valence-electron chi connectivity index (χ4n) is 3.62. The van der Waals surface area contributed by atoms with Crippen molar-refractivity contribution >= 4 is 23.4 Å². The zero-order valence-corrected chi connectivity index (χ0v) is 15.9. The topological polar surface area (TPSA) is 51.0 Å². The molecule has 0 bridgehead atoms. The minimum Gasteiger partial charge on any atom is -0.309 e. The summed E-state index contributed by atoms with van der Waals surface area (Å²) in [7, 11) is 0. The SMILES string of the molecule is C=CCn1c(SCC(=O)N2c3ccccc3CCC2C)nnc1C1CC1. The smallest absolute Gasteiger partial charge is 0.237 e. The number of fused-ring (bicyclic) bond motifs is 1. The maximum Gasteiger partial charge on any atom is 0.237 e. The lowest BCUT2D eigenvalue weighted by molar-refractivity contribution is -0.116. The third-order valence-corrected chi connectivity index (χ3v) is 6.07. The Kier molecular flexibility index (Phi) is 4.85. The van der Waals surface area contributed by atoms with Gasteiger partial charge in [-0.05, 0) is 44.2 Å². The quantitative estimate of drug-likeness (QED) is 0.575. The summed E-state index contributed by atoms with van der Waals surface area (Å²) in [5, 5.41) is 9.51. The van der Waals surface area contributed by atoms with Crippen molar-refractivity contribution in [1.82, 2.24) is 14.8 Å². The van der Waals surface area contributed by atoms with Gasteiger partial charge >= 0.3 is 0 Å². The van der Waals surface area contributed by atoms with Gasteiger partial charge in [-0.1, -0.05) is 36.0 Å². The molecule has 4 rings (SSSR count). The van der Waals surface area contributed by atoms with Crippen molar-refractivity contribution in [2.45, 2.75) is 56.3 Å². The normalized spacial score (nSPS) is 19.3.